The number of aliphatic hydroxyl groups excluding tert-OH is 1. The fourth-order valence-electron chi connectivity index (χ4n) is 2.99. The van der Waals surface area contributed by atoms with Crippen molar-refractivity contribution >= 4 is 21.4 Å². The highest BCUT2D eigenvalue weighted by Gasteiger charge is 2.68. The Labute approximate surface area is 134 Å². The second-order valence-corrected chi connectivity index (χ2v) is 8.08. The Morgan fingerprint density at radius 2 is 1.68 bits per heavy atom. The van der Waals surface area contributed by atoms with Gasteiger partial charge in [0, 0.05) is 10.9 Å². The van der Waals surface area contributed by atoms with Crippen LogP contribution in [0.2, 0.25) is 5.02 Å². The number of benzene rings is 2. The van der Waals surface area contributed by atoms with Gasteiger partial charge in [0.25, 0.3) is 0 Å². The first-order chi connectivity index (χ1) is 10.4. The van der Waals surface area contributed by atoms with Crippen LogP contribution in [-0.4, -0.2) is 30.9 Å². The summed E-state index contributed by atoms with van der Waals surface area (Å²) in [5.74, 6) is -0.444. The Kier molecular flexibility index (Phi) is 3.77. The summed E-state index contributed by atoms with van der Waals surface area (Å²) in [6.45, 7) is -0.392. The summed E-state index contributed by atoms with van der Waals surface area (Å²) in [4.78, 5) is 0.222. The van der Waals surface area contributed by atoms with E-state index in [1.54, 1.807) is 54.6 Å². The van der Waals surface area contributed by atoms with Crippen LogP contribution in [0.25, 0.3) is 0 Å². The highest BCUT2D eigenvalue weighted by Crippen LogP contribution is 2.55. The number of sulfone groups is 1. The fourth-order valence-corrected chi connectivity index (χ4v) is 5.44. The van der Waals surface area contributed by atoms with Gasteiger partial charge in [-0.2, -0.15) is 0 Å². The molecule has 1 aliphatic rings. The second-order valence-electron chi connectivity index (χ2n) is 5.58. The molecule has 3 rings (SSSR count). The minimum absolute atomic E-state index is 0.222. The lowest BCUT2D eigenvalue weighted by Gasteiger charge is -2.08. The van der Waals surface area contributed by atoms with E-state index in [-0.39, 0.29) is 4.90 Å². The summed E-state index contributed by atoms with van der Waals surface area (Å²) >= 11 is 5.87. The van der Waals surface area contributed by atoms with Crippen molar-refractivity contribution in [2.24, 2.45) is 5.73 Å². The van der Waals surface area contributed by atoms with Crippen LogP contribution >= 0.6 is 11.6 Å². The molecule has 3 atom stereocenters. The van der Waals surface area contributed by atoms with Crippen LogP contribution in [0.15, 0.2) is 59.5 Å². The summed E-state index contributed by atoms with van der Waals surface area (Å²) in [7, 11) is -3.61. The molecule has 1 aliphatic carbocycles. The van der Waals surface area contributed by atoms with Gasteiger partial charge in [-0.25, -0.2) is 8.42 Å². The van der Waals surface area contributed by atoms with Crippen LogP contribution in [0.1, 0.15) is 11.5 Å². The molecule has 0 radical (unpaired) electrons. The lowest BCUT2D eigenvalue weighted by atomic mass is 10.1. The third kappa shape index (κ3) is 2.34. The number of hydrogen-bond donors (Lipinski definition) is 2. The highest BCUT2D eigenvalue weighted by atomic mass is 35.5. The summed E-state index contributed by atoms with van der Waals surface area (Å²) in [6, 6.07) is 15.1. The minimum Gasteiger partial charge on any atom is -0.394 e. The van der Waals surface area contributed by atoms with Crippen molar-refractivity contribution < 1.29 is 13.5 Å². The normalized spacial score (nSPS) is 27.6. The van der Waals surface area contributed by atoms with Crippen molar-refractivity contribution in [2.75, 3.05) is 6.61 Å². The molecule has 22 heavy (non-hydrogen) atoms. The van der Waals surface area contributed by atoms with E-state index in [9.17, 15) is 13.5 Å². The van der Waals surface area contributed by atoms with Crippen molar-refractivity contribution in [1.29, 1.82) is 0 Å². The van der Waals surface area contributed by atoms with E-state index in [0.29, 0.717) is 5.02 Å². The zero-order valence-electron chi connectivity index (χ0n) is 11.7. The molecule has 0 heterocycles. The fraction of sp³-hybridized carbons (Fsp3) is 0.250. The summed E-state index contributed by atoms with van der Waals surface area (Å²) < 4.78 is 25.6. The Balaban J connectivity index is 2.02. The van der Waals surface area contributed by atoms with E-state index < -0.39 is 33.2 Å². The molecular weight excluding hydrogens is 322 g/mol. The molecule has 0 spiro atoms. The quantitative estimate of drug-likeness (QED) is 0.893. The topological polar surface area (TPSA) is 80.4 Å². The third-order valence-corrected chi connectivity index (χ3v) is 6.77. The molecule has 1 fully saturated rings. The lowest BCUT2D eigenvalue weighted by Crippen LogP contribution is -2.35. The predicted octanol–water partition coefficient (Wildman–Crippen LogP) is 1.97. The first kappa shape index (κ1) is 15.5. The second kappa shape index (κ2) is 5.35. The average molecular weight is 338 g/mol. The van der Waals surface area contributed by atoms with Gasteiger partial charge < -0.3 is 10.8 Å². The number of hydrogen-bond acceptors (Lipinski definition) is 4. The lowest BCUT2D eigenvalue weighted by molar-refractivity contribution is 0.253. The summed E-state index contributed by atoms with van der Waals surface area (Å²) in [6.07, 6.45) is 0. The van der Waals surface area contributed by atoms with Crippen molar-refractivity contribution in [3.63, 3.8) is 0 Å². The molecule has 0 aliphatic heterocycles. The molecular formula is C16H16ClNO3S. The minimum atomic E-state index is -3.61. The number of rotatable bonds is 4. The standard InChI is InChI=1S/C16H16ClNO3S/c17-12-8-6-11(7-9-12)14-15(16(14,18)10-19)22(20,21)13-4-2-1-3-5-13/h1-9,14-15,19H,10,18H2/t14-,15-,16+/m0/s1. The van der Waals surface area contributed by atoms with E-state index in [0.717, 1.165) is 5.56 Å². The molecule has 0 unspecified atom stereocenters. The molecule has 6 heteroatoms. The number of nitrogens with two attached hydrogens (primary N) is 1. The Bertz CT molecular complexity index is 777. The van der Waals surface area contributed by atoms with E-state index in [2.05, 4.69) is 0 Å². The van der Waals surface area contributed by atoms with Crippen LogP contribution in [0.3, 0.4) is 0 Å². The van der Waals surface area contributed by atoms with Gasteiger partial charge in [-0.1, -0.05) is 41.9 Å². The first-order valence-corrected chi connectivity index (χ1v) is 8.78. The Hall–Kier alpha value is -1.40. The SMILES string of the molecule is N[C@]1(CO)[C@@H](c2ccc(Cl)cc2)[C@@H]1S(=O)(=O)c1ccccc1. The van der Waals surface area contributed by atoms with Crippen LogP contribution in [0, 0.1) is 0 Å². The smallest absolute Gasteiger partial charge is 0.183 e. The maximum absolute atomic E-state index is 12.8. The summed E-state index contributed by atoms with van der Waals surface area (Å²) in [5, 5.41) is 9.35. The average Bonchev–Trinajstić information content (AvgIpc) is 3.17. The zero-order valence-corrected chi connectivity index (χ0v) is 13.3. The molecule has 0 amide bonds. The molecule has 2 aromatic rings. The molecule has 116 valence electrons. The highest BCUT2D eigenvalue weighted by molar-refractivity contribution is 7.92. The maximum atomic E-state index is 12.8. The zero-order chi connectivity index (χ0) is 16.0. The monoisotopic (exact) mass is 337 g/mol. The van der Waals surface area contributed by atoms with Gasteiger partial charge in [0.1, 0.15) is 0 Å². The van der Waals surface area contributed by atoms with E-state index in [1.165, 1.54) is 0 Å². The molecule has 3 N–H and O–H groups in total. The molecule has 1 saturated carbocycles. The van der Waals surface area contributed by atoms with Crippen molar-refractivity contribution in [3.8, 4) is 0 Å². The van der Waals surface area contributed by atoms with E-state index >= 15 is 0 Å². The van der Waals surface area contributed by atoms with Gasteiger partial charge in [0.05, 0.1) is 22.3 Å². The Morgan fingerprint density at radius 3 is 2.23 bits per heavy atom. The van der Waals surface area contributed by atoms with Crippen LogP contribution in [0.4, 0.5) is 0 Å². The van der Waals surface area contributed by atoms with Crippen LogP contribution < -0.4 is 5.73 Å². The van der Waals surface area contributed by atoms with Crippen molar-refractivity contribution in [1.82, 2.24) is 0 Å². The van der Waals surface area contributed by atoms with E-state index in [1.807, 2.05) is 0 Å². The molecule has 4 nitrogen and oxygen atoms in total. The largest absolute Gasteiger partial charge is 0.394 e. The molecule has 0 aromatic heterocycles. The molecule has 0 saturated heterocycles. The van der Waals surface area contributed by atoms with Gasteiger partial charge in [-0.3, -0.25) is 0 Å². The van der Waals surface area contributed by atoms with Gasteiger partial charge in [0.15, 0.2) is 9.84 Å². The maximum Gasteiger partial charge on any atom is 0.183 e. The van der Waals surface area contributed by atoms with Crippen molar-refractivity contribution in [2.45, 2.75) is 21.6 Å². The number of aliphatic hydroxyl groups is 1. The third-order valence-electron chi connectivity index (χ3n) is 4.21. The molecule has 0 bridgehead atoms. The van der Waals surface area contributed by atoms with Crippen LogP contribution in [0.5, 0.6) is 0 Å². The van der Waals surface area contributed by atoms with Gasteiger partial charge in [0.2, 0.25) is 0 Å². The van der Waals surface area contributed by atoms with Gasteiger partial charge in [-0.15, -0.1) is 0 Å². The Morgan fingerprint density at radius 1 is 1.09 bits per heavy atom. The number of halogens is 1. The van der Waals surface area contributed by atoms with E-state index in [4.69, 9.17) is 17.3 Å². The van der Waals surface area contributed by atoms with Gasteiger partial charge in [-0.05, 0) is 29.8 Å². The van der Waals surface area contributed by atoms with Crippen molar-refractivity contribution in [3.05, 3.63) is 65.2 Å². The summed E-state index contributed by atoms with van der Waals surface area (Å²) in [5.41, 5.74) is 5.77. The first-order valence-electron chi connectivity index (χ1n) is 6.85. The predicted molar refractivity (Wildman–Crippen MR) is 85.6 cm³/mol. The molecule has 2 aromatic carbocycles. The van der Waals surface area contributed by atoms with Gasteiger partial charge >= 0.3 is 0 Å². The van der Waals surface area contributed by atoms with Crippen LogP contribution in [-0.2, 0) is 9.84 Å².